The quantitative estimate of drug-likeness (QED) is 0.248. The van der Waals surface area contributed by atoms with E-state index in [4.69, 9.17) is 9.47 Å². The van der Waals surface area contributed by atoms with E-state index in [9.17, 15) is 14.2 Å². The first-order valence-electron chi connectivity index (χ1n) is 10.2. The Morgan fingerprint density at radius 1 is 0.774 bits per heavy atom. The minimum atomic E-state index is -2.87. The average molecular weight is 481 g/mol. The largest absolute Gasteiger partial charge is 0.466 e. The van der Waals surface area contributed by atoms with Crippen LogP contribution in [0.5, 0.6) is 0 Å². The molecule has 0 aliphatic rings. The highest BCUT2D eigenvalue weighted by atomic mass is 33.1. The van der Waals surface area contributed by atoms with Gasteiger partial charge in [0.05, 0.1) is 26.1 Å². The predicted octanol–water partition coefficient (Wildman–Crippen LogP) is 6.66. The molecule has 0 amide bonds. The first kappa shape index (κ1) is 25.6. The molecule has 0 radical (unpaired) electrons. The van der Waals surface area contributed by atoms with Gasteiger partial charge in [0, 0.05) is 17.2 Å². The molecule has 0 aliphatic carbocycles. The smallest absolute Gasteiger partial charge is 0.307 e. The number of benzene rings is 2. The molecule has 2 aromatic carbocycles. The lowest BCUT2D eigenvalue weighted by Gasteiger charge is -2.24. The molecule has 5 nitrogen and oxygen atoms in total. The first-order valence-corrected chi connectivity index (χ1v) is 15.3. The number of carbonyl (C=O) groups is 2. The summed E-state index contributed by atoms with van der Waals surface area (Å²) in [6.45, 7) is 5.84. The standard InChI is InChI=1S/C23H29O5PS2/c1-4-27-22(24)16-20(18-12-8-6-9-13-18)30-29(3,26)31-21(17-23(25)28-5-2)19-14-10-7-11-15-19/h6-15,20-21H,4-5,16-17H2,1-3H3. The summed E-state index contributed by atoms with van der Waals surface area (Å²) in [5.41, 5.74) is -1.03. The fourth-order valence-corrected chi connectivity index (χ4v) is 11.4. The van der Waals surface area contributed by atoms with Crippen molar-refractivity contribution in [1.82, 2.24) is 0 Å². The van der Waals surface area contributed by atoms with Crippen LogP contribution in [-0.2, 0) is 23.6 Å². The third kappa shape index (κ3) is 9.14. The number of esters is 2. The number of rotatable bonds is 12. The van der Waals surface area contributed by atoms with Gasteiger partial charge in [-0.2, -0.15) is 0 Å². The van der Waals surface area contributed by atoms with Gasteiger partial charge < -0.3 is 14.0 Å². The number of ether oxygens (including phenoxy) is 2. The number of hydrogen-bond acceptors (Lipinski definition) is 7. The van der Waals surface area contributed by atoms with Gasteiger partial charge in [-0.1, -0.05) is 83.4 Å². The summed E-state index contributed by atoms with van der Waals surface area (Å²) in [7, 11) is 0. The summed E-state index contributed by atoms with van der Waals surface area (Å²) < 4.78 is 23.9. The van der Waals surface area contributed by atoms with Crippen LogP contribution in [0.15, 0.2) is 60.7 Å². The molecule has 0 fully saturated rings. The van der Waals surface area contributed by atoms with Gasteiger partial charge in [-0.15, -0.1) is 0 Å². The molecule has 0 aromatic heterocycles. The lowest BCUT2D eigenvalue weighted by atomic mass is 10.1. The van der Waals surface area contributed by atoms with Gasteiger partial charge in [0.1, 0.15) is 0 Å². The number of carbonyl (C=O) groups excluding carboxylic acids is 2. The van der Waals surface area contributed by atoms with Crippen LogP contribution in [0, 0.1) is 0 Å². The first-order chi connectivity index (χ1) is 14.8. The van der Waals surface area contributed by atoms with E-state index in [2.05, 4.69) is 0 Å². The molecular weight excluding hydrogens is 451 g/mol. The molecule has 2 aromatic rings. The summed E-state index contributed by atoms with van der Waals surface area (Å²) in [5, 5.41) is -0.606. The van der Waals surface area contributed by atoms with Crippen molar-refractivity contribution >= 4 is 40.2 Å². The third-order valence-electron chi connectivity index (χ3n) is 4.29. The normalized spacial score (nSPS) is 14.8. The van der Waals surface area contributed by atoms with Gasteiger partial charge in [0.25, 0.3) is 0 Å². The Balaban J connectivity index is 2.22. The second-order valence-electron chi connectivity index (χ2n) is 6.80. The SMILES string of the molecule is CCOC(=O)CC(SP(C)(=O)SC(CC(=O)OCC)c1ccccc1)c1ccccc1. The predicted molar refractivity (Wildman–Crippen MR) is 130 cm³/mol. The van der Waals surface area contributed by atoms with Crippen molar-refractivity contribution in [2.45, 2.75) is 37.2 Å². The Bertz CT molecular complexity index is 807. The van der Waals surface area contributed by atoms with Crippen LogP contribution in [0.25, 0.3) is 0 Å². The zero-order chi connectivity index (χ0) is 22.7. The Hall–Kier alpha value is -1.69. The van der Waals surface area contributed by atoms with Gasteiger partial charge in [0.2, 0.25) is 0 Å². The lowest BCUT2D eigenvalue weighted by Crippen LogP contribution is -2.09. The molecule has 2 atom stereocenters. The maximum Gasteiger partial charge on any atom is 0.307 e. The van der Waals surface area contributed by atoms with Gasteiger partial charge in [-0.25, -0.2) is 0 Å². The van der Waals surface area contributed by atoms with Crippen molar-refractivity contribution in [2.75, 3.05) is 19.9 Å². The van der Waals surface area contributed by atoms with E-state index >= 15 is 0 Å². The molecule has 2 rings (SSSR count). The van der Waals surface area contributed by atoms with Crippen LogP contribution in [0.1, 0.15) is 48.3 Å². The minimum absolute atomic E-state index is 0.134. The summed E-state index contributed by atoms with van der Waals surface area (Å²) in [6, 6.07) is 19.1. The Kier molecular flexibility index (Phi) is 10.7. The van der Waals surface area contributed by atoms with Gasteiger partial charge in [0.15, 0.2) is 5.55 Å². The fraction of sp³-hybridized carbons (Fsp3) is 0.391. The van der Waals surface area contributed by atoms with Crippen molar-refractivity contribution in [3.63, 3.8) is 0 Å². The van der Waals surface area contributed by atoms with E-state index in [1.165, 1.54) is 22.8 Å². The van der Waals surface area contributed by atoms with Crippen LogP contribution in [0.2, 0.25) is 0 Å². The van der Waals surface area contributed by atoms with E-state index in [1.54, 1.807) is 20.5 Å². The third-order valence-corrected chi connectivity index (χ3v) is 11.8. The molecule has 0 bridgehead atoms. The molecule has 0 N–H and O–H groups in total. The maximum atomic E-state index is 13.7. The molecule has 8 heteroatoms. The van der Waals surface area contributed by atoms with E-state index in [0.717, 1.165) is 11.1 Å². The summed E-state index contributed by atoms with van der Waals surface area (Å²) in [5.74, 6) is -0.639. The highest BCUT2D eigenvalue weighted by Crippen LogP contribution is 2.74. The molecule has 0 spiro atoms. The lowest BCUT2D eigenvalue weighted by molar-refractivity contribution is -0.144. The topological polar surface area (TPSA) is 69.7 Å². The van der Waals surface area contributed by atoms with E-state index < -0.39 is 5.55 Å². The van der Waals surface area contributed by atoms with Gasteiger partial charge in [-0.05, 0) is 25.0 Å². The molecule has 0 saturated heterocycles. The monoisotopic (exact) mass is 480 g/mol. The van der Waals surface area contributed by atoms with E-state index in [1.807, 2.05) is 60.7 Å². The molecule has 0 aliphatic heterocycles. The zero-order valence-electron chi connectivity index (χ0n) is 18.1. The Morgan fingerprint density at radius 3 is 1.45 bits per heavy atom. The zero-order valence-corrected chi connectivity index (χ0v) is 20.6. The van der Waals surface area contributed by atoms with Crippen LogP contribution >= 0.6 is 28.3 Å². The second-order valence-corrected chi connectivity index (χ2v) is 16.0. The second kappa shape index (κ2) is 13.0. The van der Waals surface area contributed by atoms with Crippen molar-refractivity contribution in [3.05, 3.63) is 71.8 Å². The minimum Gasteiger partial charge on any atom is -0.466 e. The van der Waals surface area contributed by atoms with Gasteiger partial charge >= 0.3 is 11.9 Å². The molecule has 0 saturated carbocycles. The van der Waals surface area contributed by atoms with Gasteiger partial charge in [-0.3, -0.25) is 9.59 Å². The Morgan fingerprint density at radius 2 is 1.13 bits per heavy atom. The Labute approximate surface area is 192 Å². The van der Waals surface area contributed by atoms with Crippen LogP contribution in [-0.4, -0.2) is 31.8 Å². The molecule has 0 heterocycles. The summed E-state index contributed by atoms with van der Waals surface area (Å²) in [6.07, 6.45) is 0.267. The average Bonchev–Trinajstić information content (AvgIpc) is 2.74. The van der Waals surface area contributed by atoms with Crippen molar-refractivity contribution < 1.29 is 23.6 Å². The number of hydrogen-bond donors (Lipinski definition) is 0. The summed E-state index contributed by atoms with van der Waals surface area (Å²) in [4.78, 5) is 24.4. The van der Waals surface area contributed by atoms with Crippen molar-refractivity contribution in [3.8, 4) is 0 Å². The maximum absolute atomic E-state index is 13.7. The van der Waals surface area contributed by atoms with Crippen LogP contribution in [0.3, 0.4) is 0 Å². The van der Waals surface area contributed by atoms with Crippen LogP contribution in [0.4, 0.5) is 0 Å². The molecular formula is C23H29O5PS2. The van der Waals surface area contributed by atoms with Crippen molar-refractivity contribution in [2.24, 2.45) is 0 Å². The van der Waals surface area contributed by atoms with Crippen LogP contribution < -0.4 is 0 Å². The van der Waals surface area contributed by atoms with E-state index in [0.29, 0.717) is 13.2 Å². The molecule has 31 heavy (non-hydrogen) atoms. The molecule has 168 valence electrons. The summed E-state index contributed by atoms with van der Waals surface area (Å²) >= 11 is 2.57. The molecule has 2 unspecified atom stereocenters. The fourth-order valence-electron chi connectivity index (χ4n) is 3.00. The highest BCUT2D eigenvalue weighted by Gasteiger charge is 2.31. The van der Waals surface area contributed by atoms with E-state index in [-0.39, 0.29) is 35.3 Å². The highest BCUT2D eigenvalue weighted by molar-refractivity contribution is 8.90. The van der Waals surface area contributed by atoms with Crippen molar-refractivity contribution in [1.29, 1.82) is 0 Å².